The summed E-state index contributed by atoms with van der Waals surface area (Å²) >= 11 is 0. The fourth-order valence-electron chi connectivity index (χ4n) is 2.33. The Labute approximate surface area is 111 Å². The van der Waals surface area contributed by atoms with Gasteiger partial charge in [0.1, 0.15) is 0 Å². The van der Waals surface area contributed by atoms with Gasteiger partial charge in [-0.1, -0.05) is 0 Å². The topological polar surface area (TPSA) is 74.7 Å². The van der Waals surface area contributed by atoms with E-state index in [1.165, 1.54) is 0 Å². The first-order valence-electron chi connectivity index (χ1n) is 6.35. The molecule has 3 rings (SSSR count). The number of imidazole rings is 1. The molecule has 100 valence electrons. The molecule has 1 aliphatic rings. The van der Waals surface area contributed by atoms with Gasteiger partial charge in [0, 0.05) is 39.0 Å². The third kappa shape index (κ3) is 2.53. The summed E-state index contributed by atoms with van der Waals surface area (Å²) in [6.07, 6.45) is 6.28. The van der Waals surface area contributed by atoms with Crippen molar-refractivity contribution in [2.45, 2.75) is 25.6 Å². The maximum absolute atomic E-state index is 12.1. The summed E-state index contributed by atoms with van der Waals surface area (Å²) in [6.45, 7) is 1.23. The summed E-state index contributed by atoms with van der Waals surface area (Å²) in [4.78, 5) is 19.4. The number of H-pyrrole nitrogens is 1. The third-order valence-electron chi connectivity index (χ3n) is 3.41. The fraction of sp³-hybridized carbons (Fsp3) is 0.385. The number of rotatable bonds is 3. The molecule has 0 aromatic carbocycles. The lowest BCUT2D eigenvalue weighted by molar-refractivity contribution is -0.123. The van der Waals surface area contributed by atoms with Gasteiger partial charge in [0.15, 0.2) is 0 Å². The molecule has 6 heteroatoms. The molecule has 1 amide bonds. The van der Waals surface area contributed by atoms with Crippen LogP contribution in [-0.2, 0) is 31.4 Å². The van der Waals surface area contributed by atoms with E-state index in [1.54, 1.807) is 6.33 Å². The molecular weight excluding hydrogens is 242 g/mol. The number of hydrogen-bond donors (Lipinski definition) is 3. The van der Waals surface area contributed by atoms with Gasteiger partial charge in [-0.2, -0.15) is 0 Å². The molecule has 1 atom stereocenters. The third-order valence-corrected chi connectivity index (χ3v) is 3.41. The highest BCUT2D eigenvalue weighted by atomic mass is 16.2. The quantitative estimate of drug-likeness (QED) is 0.730. The molecule has 3 N–H and O–H groups in total. The zero-order valence-corrected chi connectivity index (χ0v) is 10.8. The van der Waals surface area contributed by atoms with Gasteiger partial charge in [-0.3, -0.25) is 10.1 Å². The number of aromatic nitrogens is 3. The average molecular weight is 259 g/mol. The standard InChI is InChI=1S/C13H17N5O/c1-18-3-2-9(7-18)5-15-13(19)11-4-10-12(6-14-11)17-8-16-10/h2-3,7-8,11,14H,4-6H2,1H3,(H,15,19)(H,16,17). The molecule has 0 spiro atoms. The van der Waals surface area contributed by atoms with Crippen molar-refractivity contribution in [3.63, 3.8) is 0 Å². The van der Waals surface area contributed by atoms with Crippen LogP contribution in [0.4, 0.5) is 0 Å². The molecule has 0 saturated carbocycles. The van der Waals surface area contributed by atoms with E-state index in [1.807, 2.05) is 30.1 Å². The largest absolute Gasteiger partial charge is 0.357 e. The maximum atomic E-state index is 12.1. The minimum atomic E-state index is -0.195. The van der Waals surface area contributed by atoms with Gasteiger partial charge in [-0.15, -0.1) is 0 Å². The Morgan fingerprint density at radius 2 is 2.53 bits per heavy atom. The maximum Gasteiger partial charge on any atom is 0.237 e. The Hall–Kier alpha value is -2.08. The first-order valence-corrected chi connectivity index (χ1v) is 6.35. The first-order chi connectivity index (χ1) is 9.22. The first kappa shape index (κ1) is 12.0. The Kier molecular flexibility index (Phi) is 3.08. The highest BCUT2D eigenvalue weighted by molar-refractivity contribution is 5.82. The van der Waals surface area contributed by atoms with Crippen LogP contribution in [0.25, 0.3) is 0 Å². The highest BCUT2D eigenvalue weighted by Gasteiger charge is 2.25. The van der Waals surface area contributed by atoms with Crippen molar-refractivity contribution in [1.29, 1.82) is 0 Å². The molecule has 2 aromatic rings. The molecule has 1 unspecified atom stereocenters. The van der Waals surface area contributed by atoms with E-state index in [0.717, 1.165) is 17.0 Å². The van der Waals surface area contributed by atoms with Crippen LogP contribution < -0.4 is 10.6 Å². The SMILES string of the molecule is Cn1ccc(CNC(=O)C2Cc3nc[nH]c3CN2)c1. The monoisotopic (exact) mass is 259 g/mol. The van der Waals surface area contributed by atoms with E-state index in [-0.39, 0.29) is 11.9 Å². The molecule has 1 aliphatic heterocycles. The smallest absolute Gasteiger partial charge is 0.237 e. The zero-order valence-electron chi connectivity index (χ0n) is 10.8. The van der Waals surface area contributed by atoms with Crippen LogP contribution in [-0.4, -0.2) is 26.5 Å². The van der Waals surface area contributed by atoms with E-state index in [0.29, 0.717) is 19.5 Å². The number of hydrogen-bond acceptors (Lipinski definition) is 3. The molecule has 0 saturated heterocycles. The molecule has 0 fully saturated rings. The van der Waals surface area contributed by atoms with Gasteiger partial charge in [-0.25, -0.2) is 4.98 Å². The number of fused-ring (bicyclic) bond motifs is 1. The van der Waals surface area contributed by atoms with E-state index in [4.69, 9.17) is 0 Å². The van der Waals surface area contributed by atoms with Crippen LogP contribution in [0, 0.1) is 0 Å². The Morgan fingerprint density at radius 1 is 1.63 bits per heavy atom. The van der Waals surface area contributed by atoms with Crippen LogP contribution in [0.15, 0.2) is 24.8 Å². The molecule has 0 bridgehead atoms. The number of nitrogens with zero attached hydrogens (tertiary/aromatic N) is 2. The lowest BCUT2D eigenvalue weighted by Gasteiger charge is -2.22. The van der Waals surface area contributed by atoms with Gasteiger partial charge in [0.05, 0.1) is 23.8 Å². The number of nitrogens with one attached hydrogen (secondary N) is 3. The number of carbonyl (C=O) groups is 1. The Balaban J connectivity index is 1.57. The summed E-state index contributed by atoms with van der Waals surface area (Å²) < 4.78 is 1.97. The fourth-order valence-corrected chi connectivity index (χ4v) is 2.33. The number of aromatic amines is 1. The van der Waals surface area contributed by atoms with Gasteiger partial charge in [0.25, 0.3) is 0 Å². The molecule has 2 aromatic heterocycles. The van der Waals surface area contributed by atoms with Gasteiger partial charge < -0.3 is 14.9 Å². The summed E-state index contributed by atoms with van der Waals surface area (Å²) in [5, 5.41) is 6.17. The summed E-state index contributed by atoms with van der Waals surface area (Å²) in [6, 6.07) is 1.81. The second kappa shape index (κ2) is 4.89. The lowest BCUT2D eigenvalue weighted by atomic mass is 10.0. The van der Waals surface area contributed by atoms with E-state index in [2.05, 4.69) is 20.6 Å². The molecule has 0 aliphatic carbocycles. The number of aryl methyl sites for hydroxylation is 1. The van der Waals surface area contributed by atoms with E-state index >= 15 is 0 Å². The van der Waals surface area contributed by atoms with Gasteiger partial charge in [-0.05, 0) is 11.6 Å². The van der Waals surface area contributed by atoms with Crippen LogP contribution in [0.3, 0.4) is 0 Å². The molecule has 6 nitrogen and oxygen atoms in total. The molecule has 0 radical (unpaired) electrons. The van der Waals surface area contributed by atoms with Crippen molar-refractivity contribution in [2.75, 3.05) is 0 Å². The van der Waals surface area contributed by atoms with E-state index in [9.17, 15) is 4.79 Å². The van der Waals surface area contributed by atoms with Crippen LogP contribution in [0.2, 0.25) is 0 Å². The summed E-state index contributed by atoms with van der Waals surface area (Å²) in [7, 11) is 1.97. The Bertz CT molecular complexity index is 585. The second-order valence-corrected chi connectivity index (χ2v) is 4.87. The molecular formula is C13H17N5O. The van der Waals surface area contributed by atoms with Crippen molar-refractivity contribution < 1.29 is 4.79 Å². The van der Waals surface area contributed by atoms with Crippen molar-refractivity contribution >= 4 is 5.91 Å². The van der Waals surface area contributed by atoms with Crippen molar-refractivity contribution in [1.82, 2.24) is 25.2 Å². The second-order valence-electron chi connectivity index (χ2n) is 4.87. The minimum Gasteiger partial charge on any atom is -0.357 e. The van der Waals surface area contributed by atoms with Crippen molar-refractivity contribution in [2.24, 2.45) is 7.05 Å². The summed E-state index contributed by atoms with van der Waals surface area (Å²) in [5.41, 5.74) is 3.16. The highest BCUT2D eigenvalue weighted by Crippen LogP contribution is 2.12. The predicted molar refractivity (Wildman–Crippen MR) is 70.2 cm³/mol. The normalized spacial score (nSPS) is 18.1. The number of amides is 1. The molecule has 19 heavy (non-hydrogen) atoms. The van der Waals surface area contributed by atoms with E-state index < -0.39 is 0 Å². The Morgan fingerprint density at radius 3 is 3.32 bits per heavy atom. The number of carbonyl (C=O) groups excluding carboxylic acids is 1. The minimum absolute atomic E-state index is 0.0255. The zero-order chi connectivity index (χ0) is 13.2. The lowest BCUT2D eigenvalue weighted by Crippen LogP contribution is -2.47. The molecule has 3 heterocycles. The average Bonchev–Trinajstić information content (AvgIpc) is 3.03. The van der Waals surface area contributed by atoms with Crippen molar-refractivity contribution in [3.8, 4) is 0 Å². The van der Waals surface area contributed by atoms with Crippen LogP contribution >= 0.6 is 0 Å². The predicted octanol–water partition coefficient (Wildman–Crippen LogP) is 0.0789. The summed E-state index contributed by atoms with van der Waals surface area (Å²) in [5.74, 6) is 0.0255. The van der Waals surface area contributed by atoms with Gasteiger partial charge >= 0.3 is 0 Å². The van der Waals surface area contributed by atoms with Crippen molar-refractivity contribution in [3.05, 3.63) is 41.7 Å². The van der Waals surface area contributed by atoms with Crippen LogP contribution in [0.1, 0.15) is 17.0 Å². The van der Waals surface area contributed by atoms with Gasteiger partial charge in [0.2, 0.25) is 5.91 Å². The van der Waals surface area contributed by atoms with Crippen LogP contribution in [0.5, 0.6) is 0 Å².